The summed E-state index contributed by atoms with van der Waals surface area (Å²) in [6.45, 7) is 2.00. The van der Waals surface area contributed by atoms with Crippen LogP contribution in [0.4, 0.5) is 0 Å². The maximum absolute atomic E-state index is 11.7. The minimum Gasteiger partial charge on any atom is -0.315 e. The third-order valence-corrected chi connectivity index (χ3v) is 5.25. The van der Waals surface area contributed by atoms with Gasteiger partial charge in [0.1, 0.15) is 0 Å². The molecule has 0 aliphatic rings. The van der Waals surface area contributed by atoms with Crippen LogP contribution in [0.25, 0.3) is 0 Å². The molecule has 1 rings (SSSR count). The Balaban J connectivity index is 2.18. The highest BCUT2D eigenvalue weighted by Gasteiger charge is 2.19. The Morgan fingerprint density at radius 1 is 1.28 bits per heavy atom. The van der Waals surface area contributed by atoms with E-state index in [9.17, 15) is 8.42 Å². The number of thiophene rings is 1. The Morgan fingerprint density at radius 3 is 2.56 bits per heavy atom. The molecule has 0 radical (unpaired) electrons. The minimum absolute atomic E-state index is 0.476. The Hall–Kier alpha value is -0.470. The van der Waals surface area contributed by atoms with E-state index in [4.69, 9.17) is 0 Å². The number of likely N-dealkylation sites (N-methyl/N-ethyl adjacent to an activating group) is 1. The highest BCUT2D eigenvalue weighted by atomic mass is 32.2. The van der Waals surface area contributed by atoms with Crippen LogP contribution in [0.5, 0.6) is 0 Å². The van der Waals surface area contributed by atoms with Crippen molar-refractivity contribution in [2.75, 3.05) is 40.8 Å². The molecule has 0 spiro atoms. The molecule has 1 heterocycles. The zero-order valence-electron chi connectivity index (χ0n) is 11.1. The largest absolute Gasteiger partial charge is 0.315 e. The van der Waals surface area contributed by atoms with E-state index in [2.05, 4.69) is 22.1 Å². The molecule has 0 amide bonds. The van der Waals surface area contributed by atoms with Crippen LogP contribution < -0.4 is 5.32 Å². The predicted molar refractivity (Wildman–Crippen MR) is 76.1 cm³/mol. The van der Waals surface area contributed by atoms with E-state index in [1.54, 1.807) is 18.4 Å². The molecule has 0 aromatic carbocycles. The molecule has 0 aliphatic heterocycles. The Bertz CT molecular complexity index is 429. The van der Waals surface area contributed by atoms with Crippen LogP contribution in [-0.2, 0) is 16.6 Å². The summed E-state index contributed by atoms with van der Waals surface area (Å²) >= 11 is 1.69. The van der Waals surface area contributed by atoms with Gasteiger partial charge >= 0.3 is 0 Å². The Kier molecular flexibility index (Phi) is 6.24. The maximum Gasteiger partial charge on any atom is 0.281 e. The molecule has 18 heavy (non-hydrogen) atoms. The van der Waals surface area contributed by atoms with Gasteiger partial charge in [0.25, 0.3) is 10.2 Å². The Morgan fingerprint density at radius 2 is 2.00 bits per heavy atom. The van der Waals surface area contributed by atoms with Gasteiger partial charge < -0.3 is 5.32 Å². The van der Waals surface area contributed by atoms with E-state index >= 15 is 0 Å². The van der Waals surface area contributed by atoms with E-state index in [-0.39, 0.29) is 0 Å². The van der Waals surface area contributed by atoms with Crippen molar-refractivity contribution in [1.82, 2.24) is 13.9 Å². The predicted octanol–water partition coefficient (Wildman–Crippen LogP) is 0.618. The summed E-state index contributed by atoms with van der Waals surface area (Å²) in [7, 11) is 1.39. The first-order valence-corrected chi connectivity index (χ1v) is 8.14. The molecular weight excluding hydrogens is 270 g/mol. The molecule has 0 unspecified atom stereocenters. The van der Waals surface area contributed by atoms with Gasteiger partial charge in [-0.15, -0.1) is 0 Å². The van der Waals surface area contributed by atoms with Gasteiger partial charge in [0.05, 0.1) is 0 Å². The van der Waals surface area contributed by atoms with Gasteiger partial charge in [-0.3, -0.25) is 0 Å². The highest BCUT2D eigenvalue weighted by molar-refractivity contribution is 7.86. The van der Waals surface area contributed by atoms with Crippen LogP contribution >= 0.6 is 11.3 Å². The molecule has 0 fully saturated rings. The third kappa shape index (κ3) is 4.66. The van der Waals surface area contributed by atoms with E-state index in [0.717, 1.165) is 13.0 Å². The first kappa shape index (κ1) is 15.6. The summed E-state index contributed by atoms with van der Waals surface area (Å²) in [5.74, 6) is 0. The van der Waals surface area contributed by atoms with Gasteiger partial charge in [0.2, 0.25) is 0 Å². The fourth-order valence-corrected chi connectivity index (χ4v) is 3.01. The zero-order valence-corrected chi connectivity index (χ0v) is 12.7. The van der Waals surface area contributed by atoms with Crippen LogP contribution in [0.3, 0.4) is 0 Å². The lowest BCUT2D eigenvalue weighted by Crippen LogP contribution is -2.40. The average Bonchev–Trinajstić information content (AvgIpc) is 2.81. The third-order valence-electron chi connectivity index (χ3n) is 2.63. The van der Waals surface area contributed by atoms with Gasteiger partial charge in [-0.1, -0.05) is 0 Å². The first-order valence-electron chi connectivity index (χ1n) is 5.80. The van der Waals surface area contributed by atoms with Crippen LogP contribution in [0.2, 0.25) is 0 Å². The lowest BCUT2D eigenvalue weighted by Gasteiger charge is -2.21. The normalized spacial score (nSPS) is 12.5. The number of nitrogens with one attached hydrogen (secondary N) is 1. The molecule has 0 bridgehead atoms. The lowest BCUT2D eigenvalue weighted by molar-refractivity contribution is 0.413. The molecule has 0 atom stereocenters. The molecule has 0 saturated carbocycles. The lowest BCUT2D eigenvalue weighted by atomic mass is 10.2. The molecule has 0 aliphatic carbocycles. The van der Waals surface area contributed by atoms with E-state index < -0.39 is 10.2 Å². The van der Waals surface area contributed by atoms with Crippen molar-refractivity contribution >= 4 is 21.5 Å². The summed E-state index contributed by atoms with van der Waals surface area (Å²) in [4.78, 5) is 0. The number of rotatable bonds is 8. The fraction of sp³-hybridized carbons (Fsp3) is 0.636. The van der Waals surface area contributed by atoms with Crippen LogP contribution in [0, 0.1) is 0 Å². The quantitative estimate of drug-likeness (QED) is 0.714. The first-order chi connectivity index (χ1) is 8.44. The van der Waals surface area contributed by atoms with Crippen molar-refractivity contribution in [3.63, 3.8) is 0 Å². The van der Waals surface area contributed by atoms with Crippen molar-refractivity contribution in [3.05, 3.63) is 22.4 Å². The summed E-state index contributed by atoms with van der Waals surface area (Å²) in [6.07, 6.45) is 0.980. The highest BCUT2D eigenvalue weighted by Crippen LogP contribution is 2.05. The maximum atomic E-state index is 11.7. The van der Waals surface area contributed by atoms with Crippen molar-refractivity contribution in [2.24, 2.45) is 0 Å². The molecular formula is C11H21N3O2S2. The van der Waals surface area contributed by atoms with Gasteiger partial charge in [-0.25, -0.2) is 0 Å². The molecule has 1 aromatic rings. The van der Waals surface area contributed by atoms with Gasteiger partial charge in [-0.05, 0) is 35.4 Å². The minimum atomic E-state index is -3.28. The molecule has 1 aromatic heterocycles. The molecule has 1 N–H and O–H groups in total. The zero-order chi connectivity index (χ0) is 13.6. The Labute approximate surface area is 114 Å². The molecule has 104 valence electrons. The van der Waals surface area contributed by atoms with Crippen LogP contribution in [0.15, 0.2) is 16.8 Å². The molecule has 5 nitrogen and oxygen atoms in total. The summed E-state index contributed by atoms with van der Waals surface area (Å²) < 4.78 is 26.0. The smallest absolute Gasteiger partial charge is 0.281 e. The van der Waals surface area contributed by atoms with E-state index in [1.807, 2.05) is 0 Å². The van der Waals surface area contributed by atoms with Crippen molar-refractivity contribution in [2.45, 2.75) is 6.42 Å². The fourth-order valence-electron chi connectivity index (χ4n) is 1.42. The topological polar surface area (TPSA) is 52.7 Å². The monoisotopic (exact) mass is 291 g/mol. The van der Waals surface area contributed by atoms with E-state index in [1.165, 1.54) is 28.3 Å². The second-order valence-electron chi connectivity index (χ2n) is 4.24. The average molecular weight is 291 g/mol. The number of hydrogen-bond donors (Lipinski definition) is 1. The van der Waals surface area contributed by atoms with Crippen molar-refractivity contribution in [3.8, 4) is 0 Å². The second kappa shape index (κ2) is 7.20. The van der Waals surface area contributed by atoms with Gasteiger partial charge in [0.15, 0.2) is 0 Å². The van der Waals surface area contributed by atoms with Gasteiger partial charge in [0, 0.05) is 34.2 Å². The van der Waals surface area contributed by atoms with Crippen LogP contribution in [0.1, 0.15) is 5.56 Å². The van der Waals surface area contributed by atoms with Gasteiger partial charge in [-0.2, -0.15) is 28.4 Å². The van der Waals surface area contributed by atoms with Crippen LogP contribution in [-0.4, -0.2) is 57.8 Å². The molecule has 7 heteroatoms. The van der Waals surface area contributed by atoms with Crippen molar-refractivity contribution in [1.29, 1.82) is 0 Å². The number of nitrogens with zero attached hydrogens (tertiary/aromatic N) is 2. The molecule has 0 saturated heterocycles. The summed E-state index contributed by atoms with van der Waals surface area (Å²) in [6, 6.07) is 2.11. The standard InChI is InChI=1S/C11H21N3O2S2/c1-13(2)18(15,16)14(3)8-7-12-6-4-11-5-9-17-10-11/h5,9-10,12H,4,6-8H2,1-3H3. The summed E-state index contributed by atoms with van der Waals surface area (Å²) in [5.41, 5.74) is 1.32. The number of hydrogen-bond acceptors (Lipinski definition) is 4. The second-order valence-corrected chi connectivity index (χ2v) is 7.27. The van der Waals surface area contributed by atoms with E-state index in [0.29, 0.717) is 13.1 Å². The van der Waals surface area contributed by atoms with Crippen molar-refractivity contribution < 1.29 is 8.42 Å². The SMILES string of the molecule is CN(C)S(=O)(=O)N(C)CCNCCc1ccsc1. The summed E-state index contributed by atoms with van der Waals surface area (Å²) in [5, 5.41) is 7.44.